The Balaban J connectivity index is 1.38. The highest BCUT2D eigenvalue weighted by atomic mass is 16.3. The van der Waals surface area contributed by atoms with Crippen molar-refractivity contribution in [3.63, 3.8) is 0 Å². The van der Waals surface area contributed by atoms with E-state index in [1.807, 2.05) is 36.4 Å². The van der Waals surface area contributed by atoms with Crippen molar-refractivity contribution in [3.8, 4) is 22.8 Å². The Morgan fingerprint density at radius 3 is 1.97 bits per heavy atom. The third-order valence-electron chi connectivity index (χ3n) is 6.07. The molecule has 0 radical (unpaired) electrons. The summed E-state index contributed by atoms with van der Waals surface area (Å²) in [5.41, 5.74) is 5.69. The molecule has 0 saturated carbocycles. The van der Waals surface area contributed by atoms with Gasteiger partial charge in [-0.3, -0.25) is 0 Å². The fraction of sp³-hybridized carbons (Fsp3) is 0. The largest absolute Gasteiger partial charge is 0.436 e. The zero-order chi connectivity index (χ0) is 21.1. The highest BCUT2D eigenvalue weighted by molar-refractivity contribution is 6.23. The van der Waals surface area contributed by atoms with E-state index in [4.69, 9.17) is 9.40 Å². The van der Waals surface area contributed by atoms with E-state index in [1.165, 1.54) is 16.2 Å². The summed E-state index contributed by atoms with van der Waals surface area (Å²) >= 11 is 0. The molecule has 0 unspecified atom stereocenters. The lowest BCUT2D eigenvalue weighted by Gasteiger charge is -2.05. The minimum atomic E-state index is 0.624. The molecule has 5 aromatic carbocycles. The van der Waals surface area contributed by atoms with Crippen molar-refractivity contribution in [2.75, 3.05) is 0 Å². The van der Waals surface area contributed by atoms with E-state index in [-0.39, 0.29) is 0 Å². The number of para-hydroxylation sites is 2. The molecule has 32 heavy (non-hydrogen) atoms. The number of rotatable bonds is 2. The third-order valence-corrected chi connectivity index (χ3v) is 6.07. The molecule has 0 saturated heterocycles. The van der Waals surface area contributed by atoms with Crippen molar-refractivity contribution in [2.45, 2.75) is 0 Å². The number of hydrogen-bond donors (Lipinski definition) is 1. The Morgan fingerprint density at radius 2 is 1.19 bits per heavy atom. The molecule has 0 amide bonds. The molecule has 0 aliphatic rings. The van der Waals surface area contributed by atoms with Crippen molar-refractivity contribution in [2.24, 2.45) is 0 Å². The topological polar surface area (TPSA) is 54.7 Å². The summed E-state index contributed by atoms with van der Waals surface area (Å²) < 4.78 is 5.91. The summed E-state index contributed by atoms with van der Waals surface area (Å²) in [4.78, 5) is 13.2. The number of aromatic amines is 1. The fourth-order valence-electron chi connectivity index (χ4n) is 4.53. The van der Waals surface area contributed by atoms with Crippen molar-refractivity contribution < 1.29 is 4.42 Å². The molecule has 0 bridgehead atoms. The summed E-state index contributed by atoms with van der Waals surface area (Å²) in [5, 5.41) is 4.80. The summed E-state index contributed by atoms with van der Waals surface area (Å²) in [7, 11) is 0. The maximum Gasteiger partial charge on any atom is 0.227 e. The number of oxazole rings is 1. The van der Waals surface area contributed by atoms with Crippen LogP contribution in [0.1, 0.15) is 0 Å². The van der Waals surface area contributed by atoms with Gasteiger partial charge in [-0.25, -0.2) is 9.97 Å². The molecule has 2 heterocycles. The maximum absolute atomic E-state index is 5.91. The Bertz CT molecular complexity index is 1670. The van der Waals surface area contributed by atoms with Gasteiger partial charge in [-0.1, -0.05) is 72.8 Å². The predicted octanol–water partition coefficient (Wildman–Crippen LogP) is 7.34. The van der Waals surface area contributed by atoms with E-state index in [0.717, 1.165) is 44.5 Å². The second-order valence-corrected chi connectivity index (χ2v) is 7.96. The smallest absolute Gasteiger partial charge is 0.227 e. The molecule has 0 aliphatic carbocycles. The van der Waals surface area contributed by atoms with E-state index < -0.39 is 0 Å². The van der Waals surface area contributed by atoms with Gasteiger partial charge in [0, 0.05) is 21.9 Å². The van der Waals surface area contributed by atoms with Gasteiger partial charge in [0.05, 0.1) is 11.0 Å². The molecular formula is C28H17N3O. The standard InChI is InChI=1S/C28H17N3O/c1-3-9-21-19(7-1)20-8-2-4-10-22(20)26-25(21)30-27(31-26)17-13-15-18(16-14-17)28-29-23-11-5-6-12-24(23)32-28/h1-16H,(H,30,31). The molecule has 0 fully saturated rings. The van der Waals surface area contributed by atoms with Crippen LogP contribution < -0.4 is 0 Å². The van der Waals surface area contributed by atoms with Gasteiger partial charge in [-0.05, 0) is 35.0 Å². The van der Waals surface area contributed by atoms with Crippen LogP contribution in [0.3, 0.4) is 0 Å². The second kappa shape index (κ2) is 6.53. The van der Waals surface area contributed by atoms with Gasteiger partial charge in [0.2, 0.25) is 5.89 Å². The van der Waals surface area contributed by atoms with Crippen LogP contribution in [-0.4, -0.2) is 15.0 Å². The van der Waals surface area contributed by atoms with Gasteiger partial charge >= 0.3 is 0 Å². The number of imidazole rings is 1. The Hall–Kier alpha value is -4.44. The molecule has 4 heteroatoms. The predicted molar refractivity (Wildman–Crippen MR) is 130 cm³/mol. The molecule has 2 aromatic heterocycles. The van der Waals surface area contributed by atoms with Gasteiger partial charge < -0.3 is 9.40 Å². The average molecular weight is 411 g/mol. The lowest BCUT2D eigenvalue weighted by atomic mass is 10.0. The van der Waals surface area contributed by atoms with Gasteiger partial charge in [0.1, 0.15) is 11.3 Å². The molecular weight excluding hydrogens is 394 g/mol. The quantitative estimate of drug-likeness (QED) is 0.303. The minimum Gasteiger partial charge on any atom is -0.436 e. The lowest BCUT2D eigenvalue weighted by molar-refractivity contribution is 0.620. The first-order valence-corrected chi connectivity index (χ1v) is 10.6. The van der Waals surface area contributed by atoms with Crippen LogP contribution in [-0.2, 0) is 0 Å². The zero-order valence-electron chi connectivity index (χ0n) is 17.0. The summed E-state index contributed by atoms with van der Waals surface area (Å²) in [5.74, 6) is 1.48. The van der Waals surface area contributed by atoms with Gasteiger partial charge in [-0.2, -0.15) is 0 Å². The van der Waals surface area contributed by atoms with Crippen LogP contribution in [0.25, 0.3) is 66.5 Å². The van der Waals surface area contributed by atoms with Gasteiger partial charge in [-0.15, -0.1) is 0 Å². The van der Waals surface area contributed by atoms with E-state index in [9.17, 15) is 0 Å². The molecule has 0 spiro atoms. The van der Waals surface area contributed by atoms with E-state index >= 15 is 0 Å². The Morgan fingerprint density at radius 1 is 0.562 bits per heavy atom. The summed E-state index contributed by atoms with van der Waals surface area (Å²) in [6, 6.07) is 32.9. The zero-order valence-corrected chi connectivity index (χ0v) is 17.0. The molecule has 150 valence electrons. The van der Waals surface area contributed by atoms with Crippen LogP contribution in [0.2, 0.25) is 0 Å². The summed E-state index contributed by atoms with van der Waals surface area (Å²) in [6.45, 7) is 0. The monoisotopic (exact) mass is 411 g/mol. The van der Waals surface area contributed by atoms with E-state index in [0.29, 0.717) is 5.89 Å². The lowest BCUT2D eigenvalue weighted by Crippen LogP contribution is -1.82. The molecule has 0 aliphatic heterocycles. The number of aromatic nitrogens is 3. The molecule has 1 N–H and O–H groups in total. The second-order valence-electron chi connectivity index (χ2n) is 7.96. The SMILES string of the molecule is c1ccc2oc(-c3ccc(-c4nc5c6ccccc6c6ccccc6c5[nH]4)cc3)nc2c1. The van der Waals surface area contributed by atoms with Crippen molar-refractivity contribution in [3.05, 3.63) is 97.1 Å². The highest BCUT2D eigenvalue weighted by Crippen LogP contribution is 2.35. The molecule has 7 rings (SSSR count). The molecule has 4 nitrogen and oxygen atoms in total. The highest BCUT2D eigenvalue weighted by Gasteiger charge is 2.14. The first-order chi connectivity index (χ1) is 15.8. The van der Waals surface area contributed by atoms with Crippen LogP contribution in [0.4, 0.5) is 0 Å². The third kappa shape index (κ3) is 2.50. The molecule has 0 atom stereocenters. The number of hydrogen-bond acceptors (Lipinski definition) is 3. The van der Waals surface area contributed by atoms with Crippen LogP contribution in [0.15, 0.2) is 101 Å². The number of benzene rings is 5. The molecule has 7 aromatic rings. The van der Waals surface area contributed by atoms with Crippen LogP contribution in [0.5, 0.6) is 0 Å². The normalized spacial score (nSPS) is 11.8. The van der Waals surface area contributed by atoms with Gasteiger partial charge in [0.15, 0.2) is 5.58 Å². The summed E-state index contributed by atoms with van der Waals surface area (Å²) in [6.07, 6.45) is 0. The Kier molecular flexibility index (Phi) is 3.52. The van der Waals surface area contributed by atoms with E-state index in [1.54, 1.807) is 0 Å². The maximum atomic E-state index is 5.91. The fourth-order valence-corrected chi connectivity index (χ4v) is 4.53. The first kappa shape index (κ1) is 17.3. The number of nitrogens with one attached hydrogen (secondary N) is 1. The van der Waals surface area contributed by atoms with Crippen molar-refractivity contribution in [1.82, 2.24) is 15.0 Å². The number of nitrogens with zero attached hydrogens (tertiary/aromatic N) is 2. The van der Waals surface area contributed by atoms with Crippen LogP contribution >= 0.6 is 0 Å². The van der Waals surface area contributed by atoms with Crippen molar-refractivity contribution in [1.29, 1.82) is 0 Å². The van der Waals surface area contributed by atoms with Crippen LogP contribution in [0, 0.1) is 0 Å². The van der Waals surface area contributed by atoms with E-state index in [2.05, 4.69) is 70.6 Å². The number of H-pyrrole nitrogens is 1. The first-order valence-electron chi connectivity index (χ1n) is 10.6. The van der Waals surface area contributed by atoms with Crippen molar-refractivity contribution >= 4 is 43.7 Å². The number of fused-ring (bicyclic) bond motifs is 7. The minimum absolute atomic E-state index is 0.624. The average Bonchev–Trinajstić information content (AvgIpc) is 3.50. The van der Waals surface area contributed by atoms with Gasteiger partial charge in [0.25, 0.3) is 0 Å². The Labute approximate surface area is 183 Å².